The number of nitrogens with zero attached hydrogens (tertiary/aromatic N) is 2. The van der Waals surface area contributed by atoms with Crippen molar-refractivity contribution in [2.24, 2.45) is 17.8 Å². The van der Waals surface area contributed by atoms with Crippen molar-refractivity contribution < 1.29 is 33.0 Å². The minimum absolute atomic E-state index is 0.0000832. The zero-order valence-electron chi connectivity index (χ0n) is 17.9. The second kappa shape index (κ2) is 8.95. The number of esters is 1. The van der Waals surface area contributed by atoms with Gasteiger partial charge >= 0.3 is 5.97 Å². The largest absolute Gasteiger partial charge is 0.493 e. The molecule has 1 aromatic heterocycles. The van der Waals surface area contributed by atoms with Crippen LogP contribution in [0, 0.1) is 17.8 Å². The van der Waals surface area contributed by atoms with Crippen LogP contribution in [0.5, 0.6) is 17.2 Å². The van der Waals surface area contributed by atoms with Crippen molar-refractivity contribution in [1.29, 1.82) is 0 Å². The lowest BCUT2D eigenvalue weighted by Gasteiger charge is -2.36. The number of carbonyl (C=O) groups is 2. The Morgan fingerprint density at radius 2 is 1.68 bits per heavy atom. The van der Waals surface area contributed by atoms with Gasteiger partial charge in [0.25, 0.3) is 5.89 Å². The Balaban J connectivity index is 1.42. The maximum absolute atomic E-state index is 12.6. The van der Waals surface area contributed by atoms with Crippen molar-refractivity contribution >= 4 is 11.8 Å². The van der Waals surface area contributed by atoms with Gasteiger partial charge in [0.05, 0.1) is 27.2 Å². The highest BCUT2D eigenvalue weighted by atomic mass is 16.5. The van der Waals surface area contributed by atoms with E-state index in [0.717, 1.165) is 19.3 Å². The molecule has 1 heterocycles. The van der Waals surface area contributed by atoms with Gasteiger partial charge in [-0.05, 0) is 37.8 Å². The van der Waals surface area contributed by atoms with Gasteiger partial charge in [0.1, 0.15) is 5.78 Å². The number of ketones is 1. The van der Waals surface area contributed by atoms with Crippen LogP contribution in [-0.4, -0.2) is 43.3 Å². The van der Waals surface area contributed by atoms with Crippen LogP contribution >= 0.6 is 0 Å². The third-order valence-corrected chi connectivity index (χ3v) is 6.10. The predicted molar refractivity (Wildman–Crippen MR) is 108 cm³/mol. The van der Waals surface area contributed by atoms with Gasteiger partial charge in [-0.25, -0.2) is 0 Å². The van der Waals surface area contributed by atoms with E-state index in [1.807, 2.05) is 0 Å². The molecule has 0 saturated heterocycles. The van der Waals surface area contributed by atoms with Gasteiger partial charge in [-0.15, -0.1) is 10.2 Å². The minimum atomic E-state index is -0.308. The molecule has 0 spiro atoms. The molecule has 0 aliphatic heterocycles. The monoisotopic (exact) mass is 430 g/mol. The maximum Gasteiger partial charge on any atom is 0.309 e. The molecule has 0 amide bonds. The summed E-state index contributed by atoms with van der Waals surface area (Å²) in [6.07, 6.45) is 3.97. The zero-order chi connectivity index (χ0) is 22.0. The fourth-order valence-electron chi connectivity index (χ4n) is 4.56. The zero-order valence-corrected chi connectivity index (χ0v) is 17.9. The Morgan fingerprint density at radius 3 is 2.26 bits per heavy atom. The van der Waals surface area contributed by atoms with Gasteiger partial charge < -0.3 is 23.4 Å². The molecule has 9 nitrogen and oxygen atoms in total. The van der Waals surface area contributed by atoms with Crippen LogP contribution in [0.3, 0.4) is 0 Å². The quantitative estimate of drug-likeness (QED) is 0.612. The molecule has 4 rings (SSSR count). The van der Waals surface area contributed by atoms with Crippen LogP contribution in [0.1, 0.15) is 38.0 Å². The molecule has 2 bridgehead atoms. The molecule has 166 valence electrons. The fraction of sp³-hybridized carbons (Fsp3) is 0.545. The molecule has 2 aromatic rings. The number of hydrogen-bond acceptors (Lipinski definition) is 9. The van der Waals surface area contributed by atoms with Gasteiger partial charge in [0.2, 0.25) is 11.6 Å². The minimum Gasteiger partial charge on any atom is -0.493 e. The number of methoxy groups -OCH3 is 3. The number of aromatic nitrogens is 2. The highest BCUT2D eigenvalue weighted by Crippen LogP contribution is 2.42. The van der Waals surface area contributed by atoms with Gasteiger partial charge in [-0.3, -0.25) is 9.59 Å². The Labute approximate surface area is 180 Å². The highest BCUT2D eigenvalue weighted by molar-refractivity contribution is 5.87. The first-order chi connectivity index (χ1) is 15.0. The van der Waals surface area contributed by atoms with Crippen molar-refractivity contribution in [2.75, 3.05) is 21.3 Å². The summed E-state index contributed by atoms with van der Waals surface area (Å²) in [6, 6.07) is 3.39. The molecule has 0 N–H and O–H groups in total. The number of fused-ring (bicyclic) bond motifs is 2. The molecule has 31 heavy (non-hydrogen) atoms. The number of benzene rings is 1. The molecular formula is C22H26N2O7. The summed E-state index contributed by atoms with van der Waals surface area (Å²) in [5.74, 6) is 1.57. The summed E-state index contributed by atoms with van der Waals surface area (Å²) in [5.41, 5.74) is 0.582. The smallest absolute Gasteiger partial charge is 0.309 e. The third-order valence-electron chi connectivity index (χ3n) is 6.10. The van der Waals surface area contributed by atoms with Crippen molar-refractivity contribution in [3.05, 3.63) is 18.0 Å². The number of ether oxygens (including phenoxy) is 4. The summed E-state index contributed by atoms with van der Waals surface area (Å²) < 4.78 is 27.1. The van der Waals surface area contributed by atoms with E-state index in [0.29, 0.717) is 41.4 Å². The standard InChI is InChI=1S/C22H26N2O7/c1-27-16-9-14(10-17(28-2)20(16)29-3)21-24-23-18(31-21)11-30-22(26)15-7-12-5-4-6-13(8-15)19(12)25/h9-10,12-13,15H,4-8,11H2,1-3H3. The third kappa shape index (κ3) is 4.22. The molecule has 1 aromatic carbocycles. The van der Waals surface area contributed by atoms with Crippen molar-refractivity contribution in [3.63, 3.8) is 0 Å². The van der Waals surface area contributed by atoms with E-state index in [1.54, 1.807) is 12.1 Å². The molecule has 2 aliphatic carbocycles. The molecule has 2 aliphatic rings. The van der Waals surface area contributed by atoms with Crippen LogP contribution < -0.4 is 14.2 Å². The van der Waals surface area contributed by atoms with E-state index in [-0.39, 0.29) is 42.1 Å². The van der Waals surface area contributed by atoms with E-state index in [4.69, 9.17) is 23.4 Å². The summed E-state index contributed by atoms with van der Waals surface area (Å²) >= 11 is 0. The van der Waals surface area contributed by atoms with Gasteiger partial charge in [-0.1, -0.05) is 6.42 Å². The van der Waals surface area contributed by atoms with E-state index in [1.165, 1.54) is 21.3 Å². The lowest BCUT2D eigenvalue weighted by Crippen LogP contribution is -2.39. The second-order valence-electron chi connectivity index (χ2n) is 7.92. The van der Waals surface area contributed by atoms with E-state index in [9.17, 15) is 9.59 Å². The van der Waals surface area contributed by atoms with Crippen LogP contribution in [0.15, 0.2) is 16.5 Å². The molecule has 2 saturated carbocycles. The fourth-order valence-corrected chi connectivity index (χ4v) is 4.56. The predicted octanol–water partition coefficient (Wildman–Crippen LogP) is 3.20. The Morgan fingerprint density at radius 1 is 1.03 bits per heavy atom. The van der Waals surface area contributed by atoms with Crippen molar-refractivity contribution in [2.45, 2.75) is 38.7 Å². The van der Waals surface area contributed by atoms with Gasteiger partial charge in [0, 0.05) is 17.4 Å². The summed E-state index contributed by atoms with van der Waals surface area (Å²) in [7, 11) is 4.56. The van der Waals surface area contributed by atoms with Crippen LogP contribution in [0.25, 0.3) is 11.5 Å². The summed E-state index contributed by atoms with van der Waals surface area (Å²) in [5, 5.41) is 8.01. The lowest BCUT2D eigenvalue weighted by atomic mass is 9.67. The summed E-state index contributed by atoms with van der Waals surface area (Å²) in [4.78, 5) is 24.8. The molecule has 2 fully saturated rings. The average Bonchev–Trinajstić information content (AvgIpc) is 3.25. The number of hydrogen-bond donors (Lipinski definition) is 0. The Kier molecular flexibility index (Phi) is 6.11. The second-order valence-corrected chi connectivity index (χ2v) is 7.92. The van der Waals surface area contributed by atoms with Crippen LogP contribution in [-0.2, 0) is 20.9 Å². The molecule has 2 unspecified atom stereocenters. The first-order valence-corrected chi connectivity index (χ1v) is 10.4. The Hall–Kier alpha value is -3.10. The lowest BCUT2D eigenvalue weighted by molar-refractivity contribution is -0.155. The Bertz CT molecular complexity index is 930. The number of carbonyl (C=O) groups excluding carboxylic acids is 2. The number of rotatable bonds is 7. The molecule has 2 atom stereocenters. The highest BCUT2D eigenvalue weighted by Gasteiger charge is 2.41. The van der Waals surface area contributed by atoms with Crippen LogP contribution in [0.2, 0.25) is 0 Å². The van der Waals surface area contributed by atoms with E-state index < -0.39 is 0 Å². The first kappa shape index (κ1) is 21.1. The van der Waals surface area contributed by atoms with Crippen molar-refractivity contribution in [1.82, 2.24) is 10.2 Å². The SMILES string of the molecule is COc1cc(-c2nnc(COC(=O)C3CC4CCCC(C3)C4=O)o2)cc(OC)c1OC. The van der Waals surface area contributed by atoms with E-state index >= 15 is 0 Å². The molecule has 0 radical (unpaired) electrons. The van der Waals surface area contributed by atoms with Gasteiger partial charge in [-0.2, -0.15) is 0 Å². The number of Topliss-reactive ketones (excluding diaryl/α,β-unsaturated/α-hetero) is 1. The van der Waals surface area contributed by atoms with Gasteiger partial charge in [0.15, 0.2) is 18.1 Å². The summed E-state index contributed by atoms with van der Waals surface area (Å²) in [6.45, 7) is -0.115. The van der Waals surface area contributed by atoms with Crippen LogP contribution in [0.4, 0.5) is 0 Å². The maximum atomic E-state index is 12.6. The molecule has 9 heteroatoms. The first-order valence-electron chi connectivity index (χ1n) is 10.4. The normalized spacial score (nSPS) is 22.7. The molecular weight excluding hydrogens is 404 g/mol. The van der Waals surface area contributed by atoms with Crippen molar-refractivity contribution in [3.8, 4) is 28.7 Å². The average molecular weight is 430 g/mol. The topological polar surface area (TPSA) is 110 Å². The van der Waals surface area contributed by atoms with E-state index in [2.05, 4.69) is 10.2 Å².